The van der Waals surface area contributed by atoms with E-state index in [0.717, 1.165) is 18.0 Å². The first-order valence-electron chi connectivity index (χ1n) is 4.27. The average molecular weight is 139 g/mol. The molecule has 3 atom stereocenters. The number of rotatable bonds is 0. The van der Waals surface area contributed by atoms with Gasteiger partial charge in [-0.1, -0.05) is 13.8 Å². The van der Waals surface area contributed by atoms with Crippen LogP contribution in [0.25, 0.3) is 0 Å². The van der Waals surface area contributed by atoms with Gasteiger partial charge in [0, 0.05) is 12.1 Å². The highest BCUT2D eigenvalue weighted by Gasteiger charge is 2.64. The predicted octanol–water partition coefficient (Wildman–Crippen LogP) is 1.74. The molecule has 58 valence electrons. The van der Waals surface area contributed by atoms with E-state index in [-0.39, 0.29) is 0 Å². The third-order valence-electron chi connectivity index (χ3n) is 3.72. The molecule has 0 radical (unpaired) electrons. The number of fused-ring (bicyclic) bond motifs is 1. The molecule has 0 spiro atoms. The third kappa shape index (κ3) is 0.572. The van der Waals surface area contributed by atoms with Crippen LogP contribution >= 0.6 is 0 Å². The van der Waals surface area contributed by atoms with E-state index >= 15 is 0 Å². The lowest BCUT2D eigenvalue weighted by atomic mass is 10.0. The molecule has 1 aliphatic carbocycles. The molecule has 1 aliphatic heterocycles. The van der Waals surface area contributed by atoms with E-state index in [1.165, 1.54) is 6.42 Å². The molecule has 2 rings (SSSR count). The van der Waals surface area contributed by atoms with Crippen LogP contribution in [-0.2, 0) is 0 Å². The van der Waals surface area contributed by atoms with Crippen LogP contribution in [0.5, 0.6) is 0 Å². The van der Waals surface area contributed by atoms with E-state index in [1.807, 2.05) is 0 Å². The van der Waals surface area contributed by atoms with Crippen LogP contribution in [0.2, 0.25) is 0 Å². The molecule has 0 bridgehead atoms. The lowest BCUT2D eigenvalue weighted by Crippen LogP contribution is -2.30. The van der Waals surface area contributed by atoms with Gasteiger partial charge in [0.25, 0.3) is 0 Å². The summed E-state index contributed by atoms with van der Waals surface area (Å²) in [6.07, 6.45) is 1.42. The normalized spacial score (nSPS) is 51.0. The van der Waals surface area contributed by atoms with E-state index in [0.29, 0.717) is 5.41 Å². The van der Waals surface area contributed by atoms with Crippen LogP contribution in [0.1, 0.15) is 27.2 Å². The highest BCUT2D eigenvalue weighted by molar-refractivity contribution is 5.16. The first-order valence-corrected chi connectivity index (χ1v) is 4.27. The van der Waals surface area contributed by atoms with Gasteiger partial charge in [0.15, 0.2) is 0 Å². The van der Waals surface area contributed by atoms with Crippen LogP contribution in [-0.4, -0.2) is 24.0 Å². The second kappa shape index (κ2) is 1.58. The zero-order valence-corrected chi connectivity index (χ0v) is 7.39. The molecular weight excluding hydrogens is 122 g/mol. The molecule has 1 unspecified atom stereocenters. The number of piperidine rings is 1. The molecule has 2 aliphatic rings. The first-order chi connectivity index (χ1) is 4.55. The number of likely N-dealkylation sites (tertiary alicyclic amines) is 1. The number of hydrogen-bond acceptors (Lipinski definition) is 1. The Morgan fingerprint density at radius 3 is 2.30 bits per heavy atom. The summed E-state index contributed by atoms with van der Waals surface area (Å²) in [5.41, 5.74) is 0.640. The molecule has 0 aromatic heterocycles. The second-order valence-corrected chi connectivity index (χ2v) is 4.62. The molecule has 1 saturated heterocycles. The van der Waals surface area contributed by atoms with Gasteiger partial charge in [-0.2, -0.15) is 0 Å². The summed E-state index contributed by atoms with van der Waals surface area (Å²) in [5.74, 6) is 1.01. The zero-order valence-electron chi connectivity index (χ0n) is 7.39. The van der Waals surface area contributed by atoms with Crippen molar-refractivity contribution in [2.75, 3.05) is 7.05 Å². The molecule has 1 heterocycles. The van der Waals surface area contributed by atoms with Crippen LogP contribution in [0.15, 0.2) is 0 Å². The van der Waals surface area contributed by atoms with Gasteiger partial charge >= 0.3 is 0 Å². The van der Waals surface area contributed by atoms with Gasteiger partial charge in [-0.25, -0.2) is 0 Å². The standard InChI is InChI=1S/C9H17N/c1-6-5-7-8(10(6)4)9(7,2)3/h6-8H,5H2,1-4H3/t6?,7-,8+/m1/s1. The van der Waals surface area contributed by atoms with Gasteiger partial charge in [-0.3, -0.25) is 4.90 Å². The van der Waals surface area contributed by atoms with Crippen molar-refractivity contribution in [2.45, 2.75) is 39.3 Å². The maximum Gasteiger partial charge on any atom is 0.0184 e. The van der Waals surface area contributed by atoms with Crippen molar-refractivity contribution in [1.82, 2.24) is 4.90 Å². The predicted molar refractivity (Wildman–Crippen MR) is 42.9 cm³/mol. The third-order valence-corrected chi connectivity index (χ3v) is 3.72. The first kappa shape index (κ1) is 6.66. The zero-order chi connectivity index (χ0) is 7.52. The van der Waals surface area contributed by atoms with Crippen LogP contribution < -0.4 is 0 Å². The van der Waals surface area contributed by atoms with Crippen LogP contribution in [0.4, 0.5) is 0 Å². The summed E-state index contributed by atoms with van der Waals surface area (Å²) in [6.45, 7) is 7.12. The Morgan fingerprint density at radius 1 is 1.40 bits per heavy atom. The summed E-state index contributed by atoms with van der Waals surface area (Å²) in [5, 5.41) is 0. The smallest absolute Gasteiger partial charge is 0.0184 e. The fourth-order valence-corrected chi connectivity index (χ4v) is 2.76. The molecule has 1 nitrogen and oxygen atoms in total. The molecule has 0 N–H and O–H groups in total. The molecule has 1 saturated carbocycles. The number of hydrogen-bond donors (Lipinski definition) is 0. The average Bonchev–Trinajstić information content (AvgIpc) is 2.12. The molecule has 1 heteroatoms. The number of nitrogens with zero attached hydrogens (tertiary/aromatic N) is 1. The lowest BCUT2D eigenvalue weighted by Gasteiger charge is -2.23. The van der Waals surface area contributed by atoms with E-state index in [4.69, 9.17) is 0 Å². The minimum Gasteiger partial charge on any atom is -0.300 e. The summed E-state index contributed by atoms with van der Waals surface area (Å²) in [7, 11) is 2.27. The Kier molecular flexibility index (Phi) is 1.05. The van der Waals surface area contributed by atoms with Crippen LogP contribution in [0.3, 0.4) is 0 Å². The van der Waals surface area contributed by atoms with Crippen molar-refractivity contribution < 1.29 is 0 Å². The monoisotopic (exact) mass is 139 g/mol. The summed E-state index contributed by atoms with van der Waals surface area (Å²) >= 11 is 0. The van der Waals surface area contributed by atoms with Gasteiger partial charge in [-0.15, -0.1) is 0 Å². The molecular formula is C9H17N. The fourth-order valence-electron chi connectivity index (χ4n) is 2.76. The van der Waals surface area contributed by atoms with E-state index in [9.17, 15) is 0 Å². The highest BCUT2D eigenvalue weighted by atomic mass is 15.2. The van der Waals surface area contributed by atoms with Crippen molar-refractivity contribution >= 4 is 0 Å². The van der Waals surface area contributed by atoms with Gasteiger partial charge in [-0.05, 0) is 31.7 Å². The van der Waals surface area contributed by atoms with Gasteiger partial charge < -0.3 is 0 Å². The Hall–Kier alpha value is -0.0400. The topological polar surface area (TPSA) is 3.24 Å². The largest absolute Gasteiger partial charge is 0.300 e. The summed E-state index contributed by atoms with van der Waals surface area (Å²) in [6, 6.07) is 1.74. The minimum atomic E-state index is 0.640. The quantitative estimate of drug-likeness (QED) is 0.494. The summed E-state index contributed by atoms with van der Waals surface area (Å²) in [4.78, 5) is 2.55. The Balaban J connectivity index is 2.13. The highest BCUT2D eigenvalue weighted by Crippen LogP contribution is 2.61. The van der Waals surface area contributed by atoms with Crippen molar-refractivity contribution in [1.29, 1.82) is 0 Å². The van der Waals surface area contributed by atoms with E-state index < -0.39 is 0 Å². The van der Waals surface area contributed by atoms with Gasteiger partial charge in [0.1, 0.15) is 0 Å². The van der Waals surface area contributed by atoms with Gasteiger partial charge in [0.2, 0.25) is 0 Å². The fraction of sp³-hybridized carbons (Fsp3) is 1.00. The summed E-state index contributed by atoms with van der Waals surface area (Å²) < 4.78 is 0. The van der Waals surface area contributed by atoms with Crippen molar-refractivity contribution in [3.05, 3.63) is 0 Å². The lowest BCUT2D eigenvalue weighted by molar-refractivity contribution is 0.232. The van der Waals surface area contributed by atoms with Gasteiger partial charge in [0.05, 0.1) is 0 Å². The molecule has 0 aromatic rings. The molecule has 10 heavy (non-hydrogen) atoms. The molecule has 0 amide bonds. The Morgan fingerprint density at radius 2 is 2.00 bits per heavy atom. The Bertz CT molecular complexity index is 160. The minimum absolute atomic E-state index is 0.640. The SMILES string of the molecule is CC1C[C@@H]2[C@H](N1C)C2(C)C. The van der Waals surface area contributed by atoms with Crippen molar-refractivity contribution in [3.63, 3.8) is 0 Å². The molecule has 2 fully saturated rings. The van der Waals surface area contributed by atoms with Crippen LogP contribution in [0, 0.1) is 11.3 Å². The van der Waals surface area contributed by atoms with E-state index in [1.54, 1.807) is 0 Å². The maximum atomic E-state index is 2.55. The molecule has 0 aromatic carbocycles. The van der Waals surface area contributed by atoms with Crippen molar-refractivity contribution in [2.24, 2.45) is 11.3 Å². The Labute approximate surface area is 63.4 Å². The second-order valence-electron chi connectivity index (χ2n) is 4.62. The maximum absolute atomic E-state index is 2.55. The van der Waals surface area contributed by atoms with Crippen molar-refractivity contribution in [3.8, 4) is 0 Å². The van der Waals surface area contributed by atoms with E-state index in [2.05, 4.69) is 32.7 Å².